The number of rotatable bonds is 3. The summed E-state index contributed by atoms with van der Waals surface area (Å²) in [5, 5.41) is 12.2. The average Bonchev–Trinajstić information content (AvgIpc) is 2.03. The number of aliphatic hydroxyl groups excluding tert-OH is 1. The van der Waals surface area contributed by atoms with Gasteiger partial charge in [0, 0.05) is 19.2 Å². The maximum absolute atomic E-state index is 8.98. The van der Waals surface area contributed by atoms with Crippen LogP contribution in [-0.4, -0.2) is 37.0 Å². The molecule has 11 heavy (non-hydrogen) atoms. The van der Waals surface area contributed by atoms with Crippen LogP contribution in [0.25, 0.3) is 0 Å². The van der Waals surface area contributed by atoms with E-state index in [0.717, 1.165) is 19.6 Å². The molecule has 1 aliphatic rings. The second-order valence-corrected chi connectivity index (χ2v) is 3.17. The van der Waals surface area contributed by atoms with Crippen molar-refractivity contribution in [1.82, 2.24) is 5.32 Å². The standard InChI is InChI=1S/C8H17NO2/c1-7(10)5-9-8-3-2-4-11-6-8/h7-10H,2-6H2,1H3. The van der Waals surface area contributed by atoms with Crippen LogP contribution in [0.4, 0.5) is 0 Å². The summed E-state index contributed by atoms with van der Waals surface area (Å²) in [6.45, 7) is 4.16. The van der Waals surface area contributed by atoms with Gasteiger partial charge in [0.1, 0.15) is 0 Å². The van der Waals surface area contributed by atoms with Gasteiger partial charge in [0.2, 0.25) is 0 Å². The van der Waals surface area contributed by atoms with Crippen LogP contribution in [0.15, 0.2) is 0 Å². The first-order valence-electron chi connectivity index (χ1n) is 4.28. The largest absolute Gasteiger partial charge is 0.392 e. The Bertz CT molecular complexity index is 100. The van der Waals surface area contributed by atoms with Gasteiger partial charge in [0.25, 0.3) is 0 Å². The first-order chi connectivity index (χ1) is 5.29. The Balaban J connectivity index is 2.05. The fraction of sp³-hybridized carbons (Fsp3) is 1.00. The highest BCUT2D eigenvalue weighted by Gasteiger charge is 2.12. The lowest BCUT2D eigenvalue weighted by Gasteiger charge is -2.23. The molecule has 66 valence electrons. The minimum Gasteiger partial charge on any atom is -0.392 e. The highest BCUT2D eigenvalue weighted by atomic mass is 16.5. The lowest BCUT2D eigenvalue weighted by molar-refractivity contribution is 0.0652. The van der Waals surface area contributed by atoms with E-state index in [9.17, 15) is 0 Å². The summed E-state index contributed by atoms with van der Waals surface area (Å²) in [7, 11) is 0. The van der Waals surface area contributed by atoms with Crippen LogP contribution in [0.2, 0.25) is 0 Å². The summed E-state index contributed by atoms with van der Waals surface area (Å²) in [6, 6.07) is 0.457. The lowest BCUT2D eigenvalue weighted by Crippen LogP contribution is -2.40. The summed E-state index contributed by atoms with van der Waals surface area (Å²) in [6.07, 6.45) is 2.06. The molecule has 0 spiro atoms. The number of hydrogen-bond acceptors (Lipinski definition) is 3. The van der Waals surface area contributed by atoms with Gasteiger partial charge in [-0.05, 0) is 19.8 Å². The summed E-state index contributed by atoms with van der Waals surface area (Å²) in [5.41, 5.74) is 0. The van der Waals surface area contributed by atoms with Gasteiger partial charge >= 0.3 is 0 Å². The summed E-state index contributed by atoms with van der Waals surface area (Å²) < 4.78 is 5.27. The minimum absolute atomic E-state index is 0.253. The van der Waals surface area contributed by atoms with E-state index in [4.69, 9.17) is 9.84 Å². The van der Waals surface area contributed by atoms with Gasteiger partial charge in [0.05, 0.1) is 12.7 Å². The third-order valence-corrected chi connectivity index (χ3v) is 1.86. The molecule has 3 nitrogen and oxygen atoms in total. The molecule has 0 aromatic carbocycles. The van der Waals surface area contributed by atoms with E-state index >= 15 is 0 Å². The zero-order valence-electron chi connectivity index (χ0n) is 7.05. The Morgan fingerprint density at radius 3 is 3.09 bits per heavy atom. The topological polar surface area (TPSA) is 41.5 Å². The minimum atomic E-state index is -0.253. The van der Waals surface area contributed by atoms with E-state index in [0.29, 0.717) is 12.6 Å². The van der Waals surface area contributed by atoms with Crippen LogP contribution in [0.1, 0.15) is 19.8 Å². The van der Waals surface area contributed by atoms with E-state index < -0.39 is 0 Å². The molecule has 0 saturated carbocycles. The molecule has 1 fully saturated rings. The number of hydrogen-bond donors (Lipinski definition) is 2. The Hall–Kier alpha value is -0.120. The van der Waals surface area contributed by atoms with Gasteiger partial charge in [0.15, 0.2) is 0 Å². The third-order valence-electron chi connectivity index (χ3n) is 1.86. The molecule has 2 N–H and O–H groups in total. The van der Waals surface area contributed by atoms with E-state index in [-0.39, 0.29) is 6.10 Å². The summed E-state index contributed by atoms with van der Waals surface area (Å²) >= 11 is 0. The number of nitrogens with one attached hydrogen (secondary N) is 1. The van der Waals surface area contributed by atoms with Crippen molar-refractivity contribution in [2.45, 2.75) is 31.9 Å². The number of aliphatic hydroxyl groups is 1. The normalized spacial score (nSPS) is 28.4. The third kappa shape index (κ3) is 3.70. The molecule has 1 heterocycles. The molecule has 0 amide bonds. The average molecular weight is 159 g/mol. The molecule has 0 aliphatic carbocycles. The molecule has 0 aromatic heterocycles. The van der Waals surface area contributed by atoms with Gasteiger partial charge in [-0.25, -0.2) is 0 Å². The predicted octanol–water partition coefficient (Wildman–Crippen LogP) is 0.136. The van der Waals surface area contributed by atoms with Gasteiger partial charge < -0.3 is 15.2 Å². The van der Waals surface area contributed by atoms with Crippen LogP contribution in [0.5, 0.6) is 0 Å². The maximum atomic E-state index is 8.98. The van der Waals surface area contributed by atoms with Gasteiger partial charge in [-0.2, -0.15) is 0 Å². The van der Waals surface area contributed by atoms with Crippen LogP contribution < -0.4 is 5.32 Å². The van der Waals surface area contributed by atoms with E-state index in [1.54, 1.807) is 6.92 Å². The van der Waals surface area contributed by atoms with Gasteiger partial charge in [-0.15, -0.1) is 0 Å². The second kappa shape index (κ2) is 4.70. The summed E-state index contributed by atoms with van der Waals surface area (Å²) in [4.78, 5) is 0. The zero-order valence-corrected chi connectivity index (χ0v) is 7.05. The Morgan fingerprint density at radius 2 is 2.55 bits per heavy atom. The van der Waals surface area contributed by atoms with Crippen LogP contribution in [0.3, 0.4) is 0 Å². The summed E-state index contributed by atoms with van der Waals surface area (Å²) in [5.74, 6) is 0. The van der Waals surface area contributed by atoms with Crippen molar-refractivity contribution in [3.63, 3.8) is 0 Å². The molecule has 3 heteroatoms. The Kier molecular flexibility index (Phi) is 3.83. The van der Waals surface area contributed by atoms with E-state index in [2.05, 4.69) is 5.32 Å². The van der Waals surface area contributed by atoms with Gasteiger partial charge in [-0.3, -0.25) is 0 Å². The Labute approximate surface area is 67.7 Å². The number of ether oxygens (including phenoxy) is 1. The van der Waals surface area contributed by atoms with Crippen molar-refractivity contribution in [3.05, 3.63) is 0 Å². The molecular formula is C8H17NO2. The van der Waals surface area contributed by atoms with Crippen LogP contribution in [-0.2, 0) is 4.74 Å². The second-order valence-electron chi connectivity index (χ2n) is 3.17. The van der Waals surface area contributed by atoms with Gasteiger partial charge in [-0.1, -0.05) is 0 Å². The quantitative estimate of drug-likeness (QED) is 0.615. The fourth-order valence-electron chi connectivity index (χ4n) is 1.24. The molecule has 1 aliphatic heterocycles. The molecule has 1 saturated heterocycles. The highest BCUT2D eigenvalue weighted by Crippen LogP contribution is 2.05. The molecule has 1 rings (SSSR count). The molecule has 0 radical (unpaired) electrons. The zero-order chi connectivity index (χ0) is 8.10. The van der Waals surface area contributed by atoms with Crippen molar-refractivity contribution < 1.29 is 9.84 Å². The van der Waals surface area contributed by atoms with Crippen molar-refractivity contribution >= 4 is 0 Å². The van der Waals surface area contributed by atoms with E-state index in [1.807, 2.05) is 0 Å². The molecule has 0 bridgehead atoms. The SMILES string of the molecule is CC(O)CNC1CCCOC1. The smallest absolute Gasteiger partial charge is 0.0636 e. The lowest BCUT2D eigenvalue weighted by atomic mass is 10.1. The predicted molar refractivity (Wildman–Crippen MR) is 43.5 cm³/mol. The van der Waals surface area contributed by atoms with Crippen molar-refractivity contribution in [2.24, 2.45) is 0 Å². The molecular weight excluding hydrogens is 142 g/mol. The Morgan fingerprint density at radius 1 is 1.73 bits per heavy atom. The molecule has 0 aromatic rings. The first-order valence-corrected chi connectivity index (χ1v) is 4.28. The van der Waals surface area contributed by atoms with Crippen molar-refractivity contribution in [2.75, 3.05) is 19.8 Å². The molecule has 2 atom stereocenters. The van der Waals surface area contributed by atoms with Crippen molar-refractivity contribution in [1.29, 1.82) is 0 Å². The van der Waals surface area contributed by atoms with Crippen molar-refractivity contribution in [3.8, 4) is 0 Å². The van der Waals surface area contributed by atoms with Crippen LogP contribution in [0, 0.1) is 0 Å². The fourth-order valence-corrected chi connectivity index (χ4v) is 1.24. The highest BCUT2D eigenvalue weighted by molar-refractivity contribution is 4.70. The molecule has 2 unspecified atom stereocenters. The van der Waals surface area contributed by atoms with Crippen LogP contribution >= 0.6 is 0 Å². The monoisotopic (exact) mass is 159 g/mol. The van der Waals surface area contributed by atoms with E-state index in [1.165, 1.54) is 6.42 Å². The first kappa shape index (κ1) is 8.97. The maximum Gasteiger partial charge on any atom is 0.0636 e.